The lowest BCUT2D eigenvalue weighted by atomic mass is 10.2. The van der Waals surface area contributed by atoms with Crippen molar-refractivity contribution in [2.45, 2.75) is 20.3 Å². The van der Waals surface area contributed by atoms with Crippen molar-refractivity contribution in [3.63, 3.8) is 0 Å². The van der Waals surface area contributed by atoms with Gasteiger partial charge in [0.05, 0.1) is 0 Å². The van der Waals surface area contributed by atoms with Gasteiger partial charge in [-0.1, -0.05) is 6.07 Å². The molecule has 6 nitrogen and oxygen atoms in total. The number of hydrogen-bond acceptors (Lipinski definition) is 5. The van der Waals surface area contributed by atoms with Gasteiger partial charge in [-0.05, 0) is 50.6 Å². The second kappa shape index (κ2) is 9.03. The molecule has 0 aliphatic carbocycles. The predicted octanol–water partition coefficient (Wildman–Crippen LogP) is 3.53. The Balaban J connectivity index is 1.55. The summed E-state index contributed by atoms with van der Waals surface area (Å²) >= 11 is 0. The van der Waals surface area contributed by atoms with Crippen LogP contribution in [0.15, 0.2) is 48.8 Å². The number of aryl methyl sites for hydroxylation is 1. The molecule has 0 fully saturated rings. The number of benzene rings is 1. The van der Waals surface area contributed by atoms with Crippen LogP contribution in [-0.4, -0.2) is 33.9 Å². The molecule has 0 saturated heterocycles. The van der Waals surface area contributed by atoms with Crippen molar-refractivity contribution in [3.8, 4) is 11.4 Å². The Labute approximate surface area is 163 Å². The summed E-state index contributed by atoms with van der Waals surface area (Å²) in [5, 5.41) is 6.09. The Morgan fingerprint density at radius 3 is 2.71 bits per heavy atom. The topological polar surface area (TPSA) is 79.8 Å². The molecule has 0 aliphatic heterocycles. The van der Waals surface area contributed by atoms with Crippen LogP contribution in [0, 0.1) is 19.7 Å². The maximum absolute atomic E-state index is 13.2. The molecule has 0 atom stereocenters. The van der Waals surface area contributed by atoms with Crippen molar-refractivity contribution in [2.75, 3.05) is 18.4 Å². The van der Waals surface area contributed by atoms with Gasteiger partial charge in [-0.3, -0.25) is 9.78 Å². The summed E-state index contributed by atoms with van der Waals surface area (Å²) in [7, 11) is 0. The number of anilines is 1. The summed E-state index contributed by atoms with van der Waals surface area (Å²) in [6, 6.07) is 9.41. The summed E-state index contributed by atoms with van der Waals surface area (Å²) < 4.78 is 13.2. The second-order valence-electron chi connectivity index (χ2n) is 6.39. The van der Waals surface area contributed by atoms with Gasteiger partial charge in [-0.2, -0.15) is 0 Å². The minimum Gasteiger partial charge on any atom is -0.370 e. The average molecular weight is 379 g/mol. The molecule has 1 amide bonds. The molecule has 2 heterocycles. The van der Waals surface area contributed by atoms with Gasteiger partial charge in [-0.25, -0.2) is 14.4 Å². The lowest BCUT2D eigenvalue weighted by molar-refractivity contribution is 0.0953. The number of pyridine rings is 1. The van der Waals surface area contributed by atoms with Crippen molar-refractivity contribution in [1.82, 2.24) is 20.3 Å². The zero-order valence-electron chi connectivity index (χ0n) is 15.9. The van der Waals surface area contributed by atoms with E-state index >= 15 is 0 Å². The number of carbonyl (C=O) groups is 1. The molecule has 0 saturated carbocycles. The molecule has 28 heavy (non-hydrogen) atoms. The number of amides is 1. The molecular formula is C21H22FN5O. The first-order valence-electron chi connectivity index (χ1n) is 9.08. The summed E-state index contributed by atoms with van der Waals surface area (Å²) in [6.45, 7) is 5.02. The van der Waals surface area contributed by atoms with E-state index in [2.05, 4.69) is 25.6 Å². The highest BCUT2D eigenvalue weighted by molar-refractivity contribution is 5.94. The van der Waals surface area contributed by atoms with Crippen LogP contribution in [0.25, 0.3) is 11.4 Å². The number of nitrogens with zero attached hydrogens (tertiary/aromatic N) is 3. The third-order valence-corrected chi connectivity index (χ3v) is 4.33. The lowest BCUT2D eigenvalue weighted by Crippen LogP contribution is -2.26. The van der Waals surface area contributed by atoms with E-state index < -0.39 is 5.82 Å². The van der Waals surface area contributed by atoms with Crippen LogP contribution in [0.4, 0.5) is 10.2 Å². The van der Waals surface area contributed by atoms with E-state index in [1.165, 1.54) is 18.2 Å². The molecular weight excluding hydrogens is 357 g/mol. The highest BCUT2D eigenvalue weighted by atomic mass is 19.1. The molecule has 1 aromatic carbocycles. The van der Waals surface area contributed by atoms with E-state index in [0.717, 1.165) is 22.6 Å². The highest BCUT2D eigenvalue weighted by Gasteiger charge is 2.10. The first-order chi connectivity index (χ1) is 13.5. The quantitative estimate of drug-likeness (QED) is 0.614. The predicted molar refractivity (Wildman–Crippen MR) is 107 cm³/mol. The van der Waals surface area contributed by atoms with Crippen molar-refractivity contribution >= 4 is 11.7 Å². The van der Waals surface area contributed by atoms with Crippen LogP contribution in [0.2, 0.25) is 0 Å². The number of nitrogens with one attached hydrogen (secondary N) is 2. The zero-order chi connectivity index (χ0) is 19.9. The zero-order valence-corrected chi connectivity index (χ0v) is 15.9. The fourth-order valence-electron chi connectivity index (χ4n) is 2.65. The first kappa shape index (κ1) is 19.4. The van der Waals surface area contributed by atoms with Crippen LogP contribution >= 0.6 is 0 Å². The number of carbonyl (C=O) groups excluding carboxylic acids is 1. The molecule has 2 N–H and O–H groups in total. The maximum Gasteiger partial charge on any atom is 0.251 e. The van der Waals surface area contributed by atoms with Gasteiger partial charge in [0.2, 0.25) is 0 Å². The molecule has 0 aliphatic rings. The van der Waals surface area contributed by atoms with Gasteiger partial charge < -0.3 is 10.6 Å². The Morgan fingerprint density at radius 2 is 1.96 bits per heavy atom. The standard InChI is InChI=1S/C21H22FN5O/c1-14-15(2)26-20(17-7-4-9-23-13-17)27-19(14)24-10-5-11-25-21(28)16-6-3-8-18(22)12-16/h3-4,6-9,12-13H,5,10-11H2,1-2H3,(H,25,28)(H,24,26,27). The molecule has 144 valence electrons. The fourth-order valence-corrected chi connectivity index (χ4v) is 2.65. The molecule has 3 rings (SSSR count). The van der Waals surface area contributed by atoms with Gasteiger partial charge in [0.25, 0.3) is 5.91 Å². The first-order valence-corrected chi connectivity index (χ1v) is 9.08. The molecule has 0 radical (unpaired) electrons. The maximum atomic E-state index is 13.2. The molecule has 0 spiro atoms. The second-order valence-corrected chi connectivity index (χ2v) is 6.39. The van der Waals surface area contributed by atoms with Gasteiger partial charge in [0.15, 0.2) is 5.82 Å². The van der Waals surface area contributed by atoms with Gasteiger partial charge in [0.1, 0.15) is 11.6 Å². The highest BCUT2D eigenvalue weighted by Crippen LogP contribution is 2.20. The van der Waals surface area contributed by atoms with Crippen molar-refractivity contribution in [1.29, 1.82) is 0 Å². The Bertz CT molecular complexity index is 962. The third kappa shape index (κ3) is 4.88. The Kier molecular flexibility index (Phi) is 6.26. The molecule has 0 unspecified atom stereocenters. The molecule has 0 bridgehead atoms. The van der Waals surface area contributed by atoms with E-state index in [-0.39, 0.29) is 5.91 Å². The van der Waals surface area contributed by atoms with Gasteiger partial charge in [0, 0.05) is 47.9 Å². The van der Waals surface area contributed by atoms with Crippen molar-refractivity contribution < 1.29 is 9.18 Å². The summed E-state index contributed by atoms with van der Waals surface area (Å²) in [5.41, 5.74) is 3.06. The number of aromatic nitrogens is 3. The Hall–Kier alpha value is -3.35. The molecule has 2 aromatic heterocycles. The number of rotatable bonds is 7. The monoisotopic (exact) mass is 379 g/mol. The average Bonchev–Trinajstić information content (AvgIpc) is 2.71. The minimum absolute atomic E-state index is 0.285. The van der Waals surface area contributed by atoms with E-state index in [1.807, 2.05) is 26.0 Å². The van der Waals surface area contributed by atoms with E-state index in [9.17, 15) is 9.18 Å². The summed E-state index contributed by atoms with van der Waals surface area (Å²) in [4.78, 5) is 25.3. The Morgan fingerprint density at radius 1 is 1.11 bits per heavy atom. The third-order valence-electron chi connectivity index (χ3n) is 4.33. The van der Waals surface area contributed by atoms with Gasteiger partial charge in [-0.15, -0.1) is 0 Å². The van der Waals surface area contributed by atoms with Gasteiger partial charge >= 0.3 is 0 Å². The number of hydrogen-bond donors (Lipinski definition) is 2. The lowest BCUT2D eigenvalue weighted by Gasteiger charge is -2.12. The summed E-state index contributed by atoms with van der Waals surface area (Å²) in [5.74, 6) is 0.682. The molecule has 3 aromatic rings. The van der Waals surface area contributed by atoms with Crippen LogP contribution in [0.1, 0.15) is 28.0 Å². The van der Waals surface area contributed by atoms with Crippen molar-refractivity contribution in [2.24, 2.45) is 0 Å². The fraction of sp³-hybridized carbons (Fsp3) is 0.238. The summed E-state index contributed by atoms with van der Waals surface area (Å²) in [6.07, 6.45) is 4.14. The number of halogens is 1. The van der Waals surface area contributed by atoms with Crippen LogP contribution in [0.5, 0.6) is 0 Å². The SMILES string of the molecule is Cc1nc(-c2cccnc2)nc(NCCCNC(=O)c2cccc(F)c2)c1C. The largest absolute Gasteiger partial charge is 0.370 e. The van der Waals surface area contributed by atoms with Crippen LogP contribution in [-0.2, 0) is 0 Å². The van der Waals surface area contributed by atoms with Crippen LogP contribution < -0.4 is 10.6 Å². The smallest absolute Gasteiger partial charge is 0.251 e. The van der Waals surface area contributed by atoms with Crippen LogP contribution in [0.3, 0.4) is 0 Å². The normalized spacial score (nSPS) is 10.5. The van der Waals surface area contributed by atoms with Crippen molar-refractivity contribution in [3.05, 3.63) is 71.4 Å². The van der Waals surface area contributed by atoms with E-state index in [1.54, 1.807) is 18.5 Å². The van der Waals surface area contributed by atoms with E-state index in [0.29, 0.717) is 30.9 Å². The minimum atomic E-state index is -0.423. The van der Waals surface area contributed by atoms with E-state index in [4.69, 9.17) is 0 Å². The molecule has 7 heteroatoms.